The molecule has 0 aromatic heterocycles. The van der Waals surface area contributed by atoms with E-state index in [9.17, 15) is 19.2 Å². The number of hydrogen-bond acceptors (Lipinski definition) is 6. The van der Waals surface area contributed by atoms with Gasteiger partial charge in [0.1, 0.15) is 12.4 Å². The summed E-state index contributed by atoms with van der Waals surface area (Å²) in [6.45, 7) is 4.08. The van der Waals surface area contributed by atoms with Gasteiger partial charge in [0, 0.05) is 29.2 Å². The van der Waals surface area contributed by atoms with Gasteiger partial charge in [0.2, 0.25) is 11.8 Å². The number of ether oxygens (including phenoxy) is 1. The predicted octanol–water partition coefficient (Wildman–Crippen LogP) is 2.90. The Labute approximate surface area is 204 Å². The first kappa shape index (κ1) is 23.4. The molecule has 1 saturated heterocycles. The van der Waals surface area contributed by atoms with Gasteiger partial charge in [-0.05, 0) is 55.9 Å². The molecule has 1 heterocycles. The molecule has 2 amide bonds. The number of carbonyl (C=O) groups excluding carboxylic acids is 4. The molecule has 0 radical (unpaired) electrons. The zero-order chi connectivity index (χ0) is 24.9. The van der Waals surface area contributed by atoms with Gasteiger partial charge in [0.05, 0.1) is 18.4 Å². The molecule has 4 unspecified atom stereocenters. The first-order valence-electron chi connectivity index (χ1n) is 12.3. The Hall–Kier alpha value is -3.32. The van der Waals surface area contributed by atoms with Gasteiger partial charge in [0.15, 0.2) is 11.6 Å². The number of benzene rings is 1. The molecule has 7 heteroatoms. The zero-order valence-corrected chi connectivity index (χ0v) is 20.0. The summed E-state index contributed by atoms with van der Waals surface area (Å²) in [4.78, 5) is 54.3. The number of imide groups is 1. The summed E-state index contributed by atoms with van der Waals surface area (Å²) in [6.07, 6.45) is 4.87. The fraction of sp³-hybridized carbons (Fsp3) is 0.429. The largest absolute Gasteiger partial charge is 0.491 e. The second-order valence-electron chi connectivity index (χ2n) is 9.70. The van der Waals surface area contributed by atoms with E-state index in [2.05, 4.69) is 0 Å². The van der Waals surface area contributed by atoms with Crippen molar-refractivity contribution < 1.29 is 29.0 Å². The number of allylic oxidation sites excluding steroid dienone is 6. The van der Waals surface area contributed by atoms with Gasteiger partial charge < -0.3 is 9.84 Å². The minimum atomic E-state index is -0.507. The molecule has 35 heavy (non-hydrogen) atoms. The minimum absolute atomic E-state index is 0.0955. The van der Waals surface area contributed by atoms with Gasteiger partial charge in [0.25, 0.3) is 0 Å². The van der Waals surface area contributed by atoms with Crippen LogP contribution >= 0.6 is 0 Å². The normalized spacial score (nSPS) is 27.9. The molecule has 1 fully saturated rings. The molecule has 0 spiro atoms. The van der Waals surface area contributed by atoms with Crippen molar-refractivity contribution in [2.45, 2.75) is 39.0 Å². The molecule has 4 atom stereocenters. The van der Waals surface area contributed by atoms with Crippen LogP contribution in [0.5, 0.6) is 5.75 Å². The maximum absolute atomic E-state index is 13.4. The molecular formula is C28H29NO6. The number of amides is 2. The van der Waals surface area contributed by atoms with Crippen LogP contribution < -0.4 is 4.74 Å². The first-order chi connectivity index (χ1) is 16.9. The first-order valence-corrected chi connectivity index (χ1v) is 12.3. The molecule has 4 aliphatic rings. The lowest BCUT2D eigenvalue weighted by atomic mass is 9.59. The topological polar surface area (TPSA) is 101 Å². The molecule has 7 nitrogen and oxygen atoms in total. The van der Waals surface area contributed by atoms with E-state index in [0.29, 0.717) is 48.3 Å². The van der Waals surface area contributed by atoms with Crippen molar-refractivity contribution in [1.82, 2.24) is 4.90 Å². The van der Waals surface area contributed by atoms with Crippen molar-refractivity contribution in [3.63, 3.8) is 0 Å². The third-order valence-corrected chi connectivity index (χ3v) is 7.68. The third kappa shape index (κ3) is 3.69. The summed E-state index contributed by atoms with van der Waals surface area (Å²) < 4.78 is 5.49. The maximum atomic E-state index is 13.4. The fourth-order valence-corrected chi connectivity index (χ4v) is 6.17. The Kier molecular flexibility index (Phi) is 6.05. The quantitative estimate of drug-likeness (QED) is 0.386. The zero-order valence-electron chi connectivity index (χ0n) is 20.0. The number of ketones is 2. The number of likely N-dealkylation sites (tertiary alicyclic amines) is 1. The van der Waals surface area contributed by atoms with Crippen LogP contribution in [0.2, 0.25) is 0 Å². The van der Waals surface area contributed by atoms with Gasteiger partial charge in [-0.1, -0.05) is 30.7 Å². The van der Waals surface area contributed by atoms with Gasteiger partial charge >= 0.3 is 0 Å². The highest BCUT2D eigenvalue weighted by molar-refractivity contribution is 6.23. The third-order valence-electron chi connectivity index (χ3n) is 7.68. The smallest absolute Gasteiger partial charge is 0.233 e. The lowest BCUT2D eigenvalue weighted by Gasteiger charge is -2.42. The van der Waals surface area contributed by atoms with Crippen LogP contribution in [0.15, 0.2) is 58.7 Å². The number of carbonyl (C=O) groups is 4. The van der Waals surface area contributed by atoms with Crippen molar-refractivity contribution in [3.05, 3.63) is 64.3 Å². The summed E-state index contributed by atoms with van der Waals surface area (Å²) in [5, 5.41) is 9.02. The maximum Gasteiger partial charge on any atom is 0.233 e. The van der Waals surface area contributed by atoms with Crippen LogP contribution in [0, 0.1) is 17.8 Å². The standard InChI is InChI=1S/C28H29NO6/c1-3-10-29-27(33)19-9-8-18-20(24(19)28(29)34)14-21-22(31)13-15(2)26(32)25(21)23(18)16-4-6-17(7-5-16)35-12-11-30/h4-8,13,19-20,23-24,30H,3,9-12,14H2,1-2H3. The highest BCUT2D eigenvalue weighted by Gasteiger charge is 2.55. The number of nitrogens with zero attached hydrogens (tertiary/aromatic N) is 1. The van der Waals surface area contributed by atoms with Crippen LogP contribution in [0.25, 0.3) is 0 Å². The summed E-state index contributed by atoms with van der Waals surface area (Å²) in [5.74, 6) is -1.70. The Morgan fingerprint density at radius 3 is 2.49 bits per heavy atom. The second-order valence-corrected chi connectivity index (χ2v) is 9.70. The highest BCUT2D eigenvalue weighted by Crippen LogP contribution is 2.55. The van der Waals surface area contributed by atoms with Crippen molar-refractivity contribution in [2.75, 3.05) is 19.8 Å². The summed E-state index contributed by atoms with van der Waals surface area (Å²) >= 11 is 0. The van der Waals surface area contributed by atoms with Crippen molar-refractivity contribution in [2.24, 2.45) is 17.8 Å². The Balaban J connectivity index is 1.60. The van der Waals surface area contributed by atoms with Gasteiger partial charge in [-0.2, -0.15) is 0 Å². The van der Waals surface area contributed by atoms with E-state index in [1.165, 1.54) is 11.0 Å². The average Bonchev–Trinajstić information content (AvgIpc) is 3.10. The number of hydrogen-bond donors (Lipinski definition) is 1. The number of aliphatic hydroxyl groups is 1. The van der Waals surface area contributed by atoms with Crippen LogP contribution in [0.1, 0.15) is 44.6 Å². The molecular weight excluding hydrogens is 446 g/mol. The van der Waals surface area contributed by atoms with E-state index < -0.39 is 17.8 Å². The second kappa shape index (κ2) is 9.04. The molecule has 1 aliphatic heterocycles. The minimum Gasteiger partial charge on any atom is -0.491 e. The molecule has 3 aliphatic carbocycles. The van der Waals surface area contributed by atoms with Crippen LogP contribution in [0.4, 0.5) is 0 Å². The number of rotatable bonds is 6. The highest BCUT2D eigenvalue weighted by atomic mass is 16.5. The fourth-order valence-electron chi connectivity index (χ4n) is 6.17. The van der Waals surface area contributed by atoms with E-state index >= 15 is 0 Å². The Morgan fingerprint density at radius 1 is 1.06 bits per heavy atom. The number of Topliss-reactive ketones (excluding diaryl/α,β-unsaturated/α-hetero) is 1. The summed E-state index contributed by atoms with van der Waals surface area (Å²) in [6, 6.07) is 7.31. The molecule has 1 aromatic carbocycles. The molecule has 1 aromatic rings. The SMILES string of the molecule is CCCN1C(=O)C2CC=C3C(c4ccc(OCCO)cc4)C4=C(CC3C2C1=O)C(=O)C=C(C)C4=O. The lowest BCUT2D eigenvalue weighted by Crippen LogP contribution is -2.39. The van der Waals surface area contributed by atoms with Crippen molar-refractivity contribution >= 4 is 23.4 Å². The molecule has 1 N–H and O–H groups in total. The van der Waals surface area contributed by atoms with Crippen molar-refractivity contribution in [3.8, 4) is 5.75 Å². The molecule has 5 rings (SSSR count). The Bertz CT molecular complexity index is 1200. The average molecular weight is 476 g/mol. The van der Waals surface area contributed by atoms with Crippen LogP contribution in [-0.2, 0) is 19.2 Å². The van der Waals surface area contributed by atoms with E-state index in [4.69, 9.17) is 9.84 Å². The molecule has 182 valence electrons. The van der Waals surface area contributed by atoms with Gasteiger partial charge in [-0.25, -0.2) is 0 Å². The molecule has 0 saturated carbocycles. The summed E-state index contributed by atoms with van der Waals surface area (Å²) in [7, 11) is 0. The van der Waals surface area contributed by atoms with E-state index in [1.807, 2.05) is 25.1 Å². The van der Waals surface area contributed by atoms with Gasteiger partial charge in [-0.3, -0.25) is 24.1 Å². The Morgan fingerprint density at radius 2 is 1.80 bits per heavy atom. The van der Waals surface area contributed by atoms with E-state index in [-0.39, 0.29) is 42.5 Å². The van der Waals surface area contributed by atoms with Gasteiger partial charge in [-0.15, -0.1) is 0 Å². The lowest BCUT2D eigenvalue weighted by molar-refractivity contribution is -0.140. The molecule has 0 bridgehead atoms. The van der Waals surface area contributed by atoms with Crippen LogP contribution in [-0.4, -0.2) is 53.1 Å². The number of fused-ring (bicyclic) bond motifs is 3. The van der Waals surface area contributed by atoms with Crippen molar-refractivity contribution in [1.29, 1.82) is 0 Å². The van der Waals surface area contributed by atoms with E-state index in [0.717, 1.165) is 11.1 Å². The monoisotopic (exact) mass is 475 g/mol. The van der Waals surface area contributed by atoms with E-state index in [1.54, 1.807) is 19.1 Å². The predicted molar refractivity (Wildman–Crippen MR) is 127 cm³/mol. The number of aliphatic hydroxyl groups excluding tert-OH is 1. The summed E-state index contributed by atoms with van der Waals surface area (Å²) in [5.41, 5.74) is 3.15. The van der Waals surface area contributed by atoms with Crippen LogP contribution in [0.3, 0.4) is 0 Å².